The number of carbonyl (C=O) groups is 2. The van der Waals surface area contributed by atoms with Crippen molar-refractivity contribution in [3.05, 3.63) is 60.2 Å². The fourth-order valence-corrected chi connectivity index (χ4v) is 4.71. The van der Waals surface area contributed by atoms with Crippen LogP contribution in [0.15, 0.2) is 48.8 Å². The number of aromatic nitrogens is 1. The number of benzene rings is 1. The van der Waals surface area contributed by atoms with Crippen LogP contribution in [-0.2, 0) is 4.79 Å². The van der Waals surface area contributed by atoms with Gasteiger partial charge in [-0.25, -0.2) is 4.39 Å². The first-order valence-electron chi connectivity index (χ1n) is 10.5. The standard InChI is InChI=1S/C23H27FN4O2/c1-27-15-18(22(29)26-20-6-4-19(24)5-7-20)13-21(27)16-8-11-28(12-9-16)23(30)17-3-2-10-25-14-17/h2-7,10,14,16,18,21H,8-9,11-13,15H2,1H3,(H,26,29)/t18-,21+/m1/s1. The molecule has 2 aliphatic heterocycles. The molecule has 0 aliphatic carbocycles. The molecule has 0 unspecified atom stereocenters. The topological polar surface area (TPSA) is 65.5 Å². The molecule has 0 radical (unpaired) electrons. The maximum absolute atomic E-state index is 13.1. The zero-order chi connectivity index (χ0) is 21.1. The summed E-state index contributed by atoms with van der Waals surface area (Å²) < 4.78 is 13.1. The molecule has 2 aliphatic rings. The van der Waals surface area contributed by atoms with Crippen LogP contribution in [0.1, 0.15) is 29.6 Å². The molecule has 0 spiro atoms. The first-order valence-corrected chi connectivity index (χ1v) is 10.5. The zero-order valence-electron chi connectivity index (χ0n) is 17.1. The number of carbonyl (C=O) groups excluding carboxylic acids is 2. The fourth-order valence-electron chi connectivity index (χ4n) is 4.71. The first kappa shape index (κ1) is 20.5. The predicted octanol–water partition coefficient (Wildman–Crippen LogP) is 3.03. The summed E-state index contributed by atoms with van der Waals surface area (Å²) in [5.41, 5.74) is 1.25. The smallest absolute Gasteiger partial charge is 0.255 e. The van der Waals surface area contributed by atoms with Crippen LogP contribution in [0.3, 0.4) is 0 Å². The van der Waals surface area contributed by atoms with Crippen molar-refractivity contribution in [3.63, 3.8) is 0 Å². The minimum atomic E-state index is -0.318. The lowest BCUT2D eigenvalue weighted by Crippen LogP contribution is -2.43. The first-order chi connectivity index (χ1) is 14.5. The van der Waals surface area contributed by atoms with Crippen LogP contribution in [0.25, 0.3) is 0 Å². The van der Waals surface area contributed by atoms with E-state index in [0.717, 1.165) is 32.4 Å². The average molecular weight is 410 g/mol. The van der Waals surface area contributed by atoms with E-state index in [1.165, 1.54) is 12.1 Å². The Morgan fingerprint density at radius 2 is 1.87 bits per heavy atom. The van der Waals surface area contributed by atoms with Gasteiger partial charge in [0, 0.05) is 43.8 Å². The summed E-state index contributed by atoms with van der Waals surface area (Å²) in [6.07, 6.45) is 5.97. The molecule has 0 bridgehead atoms. The van der Waals surface area contributed by atoms with Gasteiger partial charge in [-0.1, -0.05) is 0 Å². The molecule has 2 fully saturated rings. The molecule has 2 saturated heterocycles. The van der Waals surface area contributed by atoms with E-state index < -0.39 is 0 Å². The molecule has 0 saturated carbocycles. The SMILES string of the molecule is CN1C[C@H](C(=O)Nc2ccc(F)cc2)C[C@H]1C1CCN(C(=O)c2cccnc2)CC1. The molecule has 7 heteroatoms. The number of hydrogen-bond donors (Lipinski definition) is 1. The molecule has 158 valence electrons. The van der Waals surface area contributed by atoms with Gasteiger partial charge in [-0.15, -0.1) is 0 Å². The van der Waals surface area contributed by atoms with Gasteiger partial charge >= 0.3 is 0 Å². The molecule has 1 aromatic carbocycles. The monoisotopic (exact) mass is 410 g/mol. The number of likely N-dealkylation sites (tertiary alicyclic amines) is 2. The number of nitrogens with one attached hydrogen (secondary N) is 1. The average Bonchev–Trinajstić information content (AvgIpc) is 3.17. The third-order valence-corrected chi connectivity index (χ3v) is 6.36. The number of piperidine rings is 1. The van der Waals surface area contributed by atoms with Crippen molar-refractivity contribution in [3.8, 4) is 0 Å². The molecule has 6 nitrogen and oxygen atoms in total. The largest absolute Gasteiger partial charge is 0.339 e. The van der Waals surface area contributed by atoms with Crippen LogP contribution in [0.2, 0.25) is 0 Å². The molecule has 30 heavy (non-hydrogen) atoms. The molecule has 1 N–H and O–H groups in total. The van der Waals surface area contributed by atoms with Gasteiger partial charge < -0.3 is 15.1 Å². The Hall–Kier alpha value is -2.80. The van der Waals surface area contributed by atoms with Crippen LogP contribution in [0, 0.1) is 17.7 Å². The van der Waals surface area contributed by atoms with E-state index in [9.17, 15) is 14.0 Å². The van der Waals surface area contributed by atoms with Crippen LogP contribution >= 0.6 is 0 Å². The van der Waals surface area contributed by atoms with Crippen LogP contribution in [0.4, 0.5) is 10.1 Å². The summed E-state index contributed by atoms with van der Waals surface area (Å²) in [5, 5.41) is 2.90. The summed E-state index contributed by atoms with van der Waals surface area (Å²) in [6, 6.07) is 9.78. The minimum absolute atomic E-state index is 0.0138. The molecule has 3 heterocycles. The van der Waals surface area contributed by atoms with Crippen molar-refractivity contribution >= 4 is 17.5 Å². The predicted molar refractivity (Wildman–Crippen MR) is 112 cm³/mol. The van der Waals surface area contributed by atoms with Gasteiger partial charge in [0.2, 0.25) is 5.91 Å². The number of halogens is 1. The highest BCUT2D eigenvalue weighted by atomic mass is 19.1. The van der Waals surface area contributed by atoms with E-state index in [1.807, 2.05) is 4.90 Å². The summed E-state index contributed by atoms with van der Waals surface area (Å²) in [7, 11) is 2.07. The lowest BCUT2D eigenvalue weighted by Gasteiger charge is -2.37. The van der Waals surface area contributed by atoms with E-state index >= 15 is 0 Å². The quantitative estimate of drug-likeness (QED) is 0.842. The van der Waals surface area contributed by atoms with Crippen LogP contribution in [-0.4, -0.2) is 59.3 Å². The summed E-state index contributed by atoms with van der Waals surface area (Å²) in [6.45, 7) is 2.18. The van der Waals surface area contributed by atoms with Crippen molar-refractivity contribution in [2.75, 3.05) is 32.0 Å². The number of amides is 2. The van der Waals surface area contributed by atoms with Crippen molar-refractivity contribution in [1.82, 2.24) is 14.8 Å². The second-order valence-electron chi connectivity index (χ2n) is 8.31. The van der Waals surface area contributed by atoms with E-state index in [-0.39, 0.29) is 23.5 Å². The van der Waals surface area contributed by atoms with Crippen molar-refractivity contribution in [2.24, 2.45) is 11.8 Å². The maximum Gasteiger partial charge on any atom is 0.255 e. The maximum atomic E-state index is 13.1. The third-order valence-electron chi connectivity index (χ3n) is 6.36. The second kappa shape index (κ2) is 8.92. The number of hydrogen-bond acceptors (Lipinski definition) is 4. The number of rotatable bonds is 4. The normalized spacial score (nSPS) is 22.8. The Kier molecular flexibility index (Phi) is 6.08. The summed E-state index contributed by atoms with van der Waals surface area (Å²) in [5.74, 6) is 0.0942. The fraction of sp³-hybridized carbons (Fsp3) is 0.435. The number of nitrogens with zero attached hydrogens (tertiary/aromatic N) is 3. The third kappa shape index (κ3) is 4.51. The van der Waals surface area contributed by atoms with Crippen LogP contribution < -0.4 is 5.32 Å². The van der Waals surface area contributed by atoms with Gasteiger partial charge in [-0.3, -0.25) is 14.6 Å². The van der Waals surface area contributed by atoms with E-state index in [1.54, 1.807) is 36.7 Å². The van der Waals surface area contributed by atoms with E-state index in [0.29, 0.717) is 29.8 Å². The van der Waals surface area contributed by atoms with Gasteiger partial charge in [0.05, 0.1) is 11.5 Å². The van der Waals surface area contributed by atoms with E-state index in [2.05, 4.69) is 22.2 Å². The Bertz CT molecular complexity index is 882. The Morgan fingerprint density at radius 3 is 2.53 bits per heavy atom. The molecule has 1 aromatic heterocycles. The van der Waals surface area contributed by atoms with Crippen molar-refractivity contribution in [2.45, 2.75) is 25.3 Å². The van der Waals surface area contributed by atoms with Crippen molar-refractivity contribution < 1.29 is 14.0 Å². The number of pyridine rings is 1. The highest BCUT2D eigenvalue weighted by molar-refractivity contribution is 5.94. The van der Waals surface area contributed by atoms with Gasteiger partial charge in [0.15, 0.2) is 0 Å². The molecular weight excluding hydrogens is 383 g/mol. The Balaban J connectivity index is 1.30. The van der Waals surface area contributed by atoms with Crippen molar-refractivity contribution in [1.29, 1.82) is 0 Å². The Morgan fingerprint density at radius 1 is 1.13 bits per heavy atom. The molecule has 4 rings (SSSR count). The highest BCUT2D eigenvalue weighted by Gasteiger charge is 2.39. The highest BCUT2D eigenvalue weighted by Crippen LogP contribution is 2.33. The lowest BCUT2D eigenvalue weighted by molar-refractivity contribution is -0.119. The van der Waals surface area contributed by atoms with Crippen LogP contribution in [0.5, 0.6) is 0 Å². The molecule has 2 amide bonds. The van der Waals surface area contributed by atoms with Gasteiger partial charge in [-0.05, 0) is 68.6 Å². The van der Waals surface area contributed by atoms with Gasteiger partial charge in [0.25, 0.3) is 5.91 Å². The summed E-state index contributed by atoms with van der Waals surface area (Å²) >= 11 is 0. The summed E-state index contributed by atoms with van der Waals surface area (Å²) in [4.78, 5) is 33.5. The molecular formula is C23H27FN4O2. The van der Waals surface area contributed by atoms with E-state index in [4.69, 9.17) is 0 Å². The second-order valence-corrected chi connectivity index (χ2v) is 8.31. The Labute approximate surface area is 176 Å². The minimum Gasteiger partial charge on any atom is -0.339 e. The number of anilines is 1. The van der Waals surface area contributed by atoms with Gasteiger partial charge in [0.1, 0.15) is 5.82 Å². The molecule has 2 aromatic rings. The zero-order valence-corrected chi connectivity index (χ0v) is 17.1. The lowest BCUT2D eigenvalue weighted by atomic mass is 9.86. The molecule has 2 atom stereocenters. The van der Waals surface area contributed by atoms with Gasteiger partial charge in [-0.2, -0.15) is 0 Å².